The average molecular weight is 612 g/mol. The van der Waals surface area contributed by atoms with Crippen LogP contribution in [0.3, 0.4) is 0 Å². The molecule has 13 heteroatoms. The Morgan fingerprint density at radius 3 is 2.57 bits per heavy atom. The number of phenols is 1. The van der Waals surface area contributed by atoms with Crippen molar-refractivity contribution in [2.75, 3.05) is 35.5 Å². The van der Waals surface area contributed by atoms with Crippen molar-refractivity contribution in [3.05, 3.63) is 56.9 Å². The zero-order valence-corrected chi connectivity index (χ0v) is 23.1. The molecule has 2 aromatic rings. The zero-order chi connectivity index (χ0) is 26.7. The number of benzene rings is 2. The third-order valence-electron chi connectivity index (χ3n) is 6.05. The number of carbonyl (C=O) groups is 2. The summed E-state index contributed by atoms with van der Waals surface area (Å²) < 4.78 is 26.1. The summed E-state index contributed by atoms with van der Waals surface area (Å²) in [6.45, 7) is 1.90. The summed E-state index contributed by atoms with van der Waals surface area (Å²) in [7, 11) is -3.56. The van der Waals surface area contributed by atoms with Gasteiger partial charge in [0.1, 0.15) is 5.75 Å². The van der Waals surface area contributed by atoms with Gasteiger partial charge in [-0.25, -0.2) is 8.42 Å². The molecule has 1 unspecified atom stereocenters. The Morgan fingerprint density at radius 2 is 1.95 bits per heavy atom. The van der Waals surface area contributed by atoms with Gasteiger partial charge in [0.25, 0.3) is 11.1 Å². The van der Waals surface area contributed by atoms with Crippen LogP contribution in [-0.4, -0.2) is 61.7 Å². The van der Waals surface area contributed by atoms with Crippen molar-refractivity contribution in [3.8, 4) is 5.75 Å². The minimum atomic E-state index is -3.56. The maximum absolute atomic E-state index is 11.8. The molecule has 2 aliphatic heterocycles. The standard InChI is InChI=1S/C24H27BrN4O6S2/c1-37(34,35)28-18-12-15(3-5-20(18)30)21(31)13-26-16-6-8-29(9-7-16)19-4-2-14(10-17(19)25)11-22-23(32)27-24(33)36-22/h2-5,10-12,16,21,26,28,30-31H,6-9,13H2,1H3,(H,27,32,33)/b22-11+. The van der Waals surface area contributed by atoms with Gasteiger partial charge in [0.05, 0.1) is 28.6 Å². The van der Waals surface area contributed by atoms with Crippen LogP contribution in [-0.2, 0) is 14.8 Å². The van der Waals surface area contributed by atoms with Gasteiger partial charge in [-0.15, -0.1) is 0 Å². The number of sulfonamides is 1. The van der Waals surface area contributed by atoms with Gasteiger partial charge in [-0.1, -0.05) is 12.1 Å². The molecule has 2 aromatic carbocycles. The Morgan fingerprint density at radius 1 is 1.22 bits per heavy atom. The van der Waals surface area contributed by atoms with Crippen molar-refractivity contribution in [2.45, 2.75) is 25.0 Å². The molecular formula is C24H27BrN4O6S2. The van der Waals surface area contributed by atoms with Crippen LogP contribution in [0.5, 0.6) is 5.75 Å². The minimum Gasteiger partial charge on any atom is -0.506 e. The highest BCUT2D eigenvalue weighted by atomic mass is 79.9. The van der Waals surface area contributed by atoms with Crippen LogP contribution in [0.15, 0.2) is 45.8 Å². The third-order valence-corrected chi connectivity index (χ3v) is 8.08. The van der Waals surface area contributed by atoms with Gasteiger partial charge in [-0.2, -0.15) is 0 Å². The summed E-state index contributed by atoms with van der Waals surface area (Å²) in [5, 5.41) is 25.8. The van der Waals surface area contributed by atoms with Gasteiger partial charge in [-0.05, 0) is 82.0 Å². The van der Waals surface area contributed by atoms with E-state index >= 15 is 0 Å². The Hall–Kier alpha value is -2.58. The molecular weight excluding hydrogens is 584 g/mol. The van der Waals surface area contributed by atoms with E-state index in [0.29, 0.717) is 10.5 Å². The van der Waals surface area contributed by atoms with Gasteiger partial charge in [0.2, 0.25) is 10.0 Å². The number of hydrogen-bond acceptors (Lipinski definition) is 9. The fourth-order valence-corrected chi connectivity index (χ4v) is 6.10. The molecule has 198 valence electrons. The number of nitrogens with zero attached hydrogens (tertiary/aromatic N) is 1. The molecule has 0 bridgehead atoms. The van der Waals surface area contributed by atoms with E-state index in [1.165, 1.54) is 12.1 Å². The fraction of sp³-hybridized carbons (Fsp3) is 0.333. The third kappa shape index (κ3) is 7.26. The summed E-state index contributed by atoms with van der Waals surface area (Å²) >= 11 is 4.51. The van der Waals surface area contributed by atoms with E-state index in [1.54, 1.807) is 12.1 Å². The number of hydrogen-bond donors (Lipinski definition) is 5. The monoisotopic (exact) mass is 610 g/mol. The number of rotatable bonds is 8. The van der Waals surface area contributed by atoms with Crippen LogP contribution < -0.4 is 20.3 Å². The van der Waals surface area contributed by atoms with E-state index in [-0.39, 0.29) is 35.2 Å². The highest BCUT2D eigenvalue weighted by Crippen LogP contribution is 2.32. The second kappa shape index (κ2) is 11.4. The number of aliphatic hydroxyl groups excluding tert-OH is 1. The molecule has 0 aromatic heterocycles. The van der Waals surface area contributed by atoms with E-state index in [4.69, 9.17) is 0 Å². The van der Waals surface area contributed by atoms with Crippen LogP contribution in [0, 0.1) is 0 Å². The molecule has 2 amide bonds. The van der Waals surface area contributed by atoms with Crippen molar-refractivity contribution in [1.82, 2.24) is 10.6 Å². The van der Waals surface area contributed by atoms with E-state index in [0.717, 1.165) is 59.7 Å². The van der Waals surface area contributed by atoms with Crippen LogP contribution in [0.1, 0.15) is 30.1 Å². The molecule has 0 saturated carbocycles. The second-order valence-corrected chi connectivity index (χ2v) is 12.5. The number of nitrogens with one attached hydrogen (secondary N) is 3. The number of anilines is 2. The molecule has 4 rings (SSSR count). The topological polar surface area (TPSA) is 148 Å². The lowest BCUT2D eigenvalue weighted by atomic mass is 10.0. The Labute approximate surface area is 227 Å². The van der Waals surface area contributed by atoms with Crippen LogP contribution >= 0.6 is 27.7 Å². The molecule has 1 atom stereocenters. The number of amides is 2. The maximum atomic E-state index is 11.8. The van der Waals surface area contributed by atoms with Gasteiger partial charge in [0, 0.05) is 30.1 Å². The maximum Gasteiger partial charge on any atom is 0.290 e. The lowest BCUT2D eigenvalue weighted by Gasteiger charge is -2.35. The van der Waals surface area contributed by atoms with Gasteiger partial charge in [-0.3, -0.25) is 19.6 Å². The Balaban J connectivity index is 1.30. The van der Waals surface area contributed by atoms with E-state index < -0.39 is 16.1 Å². The van der Waals surface area contributed by atoms with Crippen molar-refractivity contribution >= 4 is 66.3 Å². The average Bonchev–Trinajstić information content (AvgIpc) is 3.15. The fourth-order valence-electron chi connectivity index (χ4n) is 4.20. The molecule has 37 heavy (non-hydrogen) atoms. The predicted molar refractivity (Wildman–Crippen MR) is 148 cm³/mol. The first-order chi connectivity index (χ1) is 17.5. The summed E-state index contributed by atoms with van der Waals surface area (Å²) in [5.74, 6) is -0.595. The van der Waals surface area contributed by atoms with E-state index in [2.05, 4.69) is 36.2 Å². The number of halogens is 1. The normalized spacial score (nSPS) is 18.8. The number of carbonyl (C=O) groups excluding carboxylic acids is 2. The molecule has 2 saturated heterocycles. The molecule has 0 aliphatic carbocycles. The quantitative estimate of drug-likeness (QED) is 0.224. The molecule has 5 N–H and O–H groups in total. The summed E-state index contributed by atoms with van der Waals surface area (Å²) in [5.41, 5.74) is 2.37. The van der Waals surface area contributed by atoms with Crippen LogP contribution in [0.25, 0.3) is 6.08 Å². The molecule has 2 heterocycles. The van der Waals surface area contributed by atoms with Gasteiger partial charge >= 0.3 is 0 Å². The van der Waals surface area contributed by atoms with Crippen molar-refractivity contribution < 1.29 is 28.2 Å². The molecule has 0 spiro atoms. The largest absolute Gasteiger partial charge is 0.506 e. The lowest BCUT2D eigenvalue weighted by Crippen LogP contribution is -2.43. The van der Waals surface area contributed by atoms with Crippen molar-refractivity contribution in [2.24, 2.45) is 0 Å². The van der Waals surface area contributed by atoms with E-state index in [1.807, 2.05) is 18.2 Å². The highest BCUT2D eigenvalue weighted by Gasteiger charge is 2.25. The molecule has 2 fully saturated rings. The Bertz CT molecular complexity index is 1340. The Kier molecular flexibility index (Phi) is 8.49. The summed E-state index contributed by atoms with van der Waals surface area (Å²) in [6, 6.07) is 10.4. The van der Waals surface area contributed by atoms with Crippen LogP contribution in [0.4, 0.5) is 16.2 Å². The minimum absolute atomic E-state index is 0.0268. The predicted octanol–water partition coefficient (Wildman–Crippen LogP) is 3.14. The number of aliphatic hydroxyl groups is 1. The van der Waals surface area contributed by atoms with Crippen LogP contribution in [0.2, 0.25) is 0 Å². The second-order valence-electron chi connectivity index (χ2n) is 8.90. The zero-order valence-electron chi connectivity index (χ0n) is 19.9. The van der Waals surface area contributed by atoms with E-state index in [9.17, 15) is 28.2 Å². The lowest BCUT2D eigenvalue weighted by molar-refractivity contribution is -0.115. The molecule has 10 nitrogen and oxygen atoms in total. The van der Waals surface area contributed by atoms with Crippen molar-refractivity contribution in [1.29, 1.82) is 0 Å². The summed E-state index contributed by atoms with van der Waals surface area (Å²) in [6.07, 6.45) is 3.53. The SMILES string of the molecule is CS(=O)(=O)Nc1cc(C(O)CNC2CCN(c3ccc(/C=C4/SC(=O)NC4=O)cc3Br)CC2)ccc1O. The number of aromatic hydroxyl groups is 1. The van der Waals surface area contributed by atoms with Crippen molar-refractivity contribution in [3.63, 3.8) is 0 Å². The highest BCUT2D eigenvalue weighted by molar-refractivity contribution is 9.10. The number of thioether (sulfide) groups is 1. The number of phenolic OH excluding ortho intramolecular Hbond substituents is 1. The van der Waals surface area contributed by atoms with Gasteiger partial charge < -0.3 is 20.4 Å². The van der Waals surface area contributed by atoms with Gasteiger partial charge in [0.15, 0.2) is 0 Å². The first-order valence-electron chi connectivity index (χ1n) is 11.5. The number of piperidine rings is 1. The first kappa shape index (κ1) is 27.5. The molecule has 2 aliphatic rings. The smallest absolute Gasteiger partial charge is 0.290 e. The number of imide groups is 1. The first-order valence-corrected chi connectivity index (χ1v) is 15.0. The summed E-state index contributed by atoms with van der Waals surface area (Å²) in [4.78, 5) is 25.8. The molecule has 0 radical (unpaired) electrons.